The number of aryl methyl sites for hydroxylation is 1. The number of thioether (sulfide) groups is 1. The van der Waals surface area contributed by atoms with Gasteiger partial charge in [-0.15, -0.1) is 11.8 Å². The minimum Gasteiger partial charge on any atom is -0.352 e. The van der Waals surface area contributed by atoms with Gasteiger partial charge in [0.1, 0.15) is 6.04 Å². The number of nitrogens with one attached hydrogen (secondary N) is 1. The van der Waals surface area contributed by atoms with Crippen LogP contribution in [0.15, 0.2) is 42.5 Å². The average Bonchev–Trinajstić information content (AvgIpc) is 2.75. The van der Waals surface area contributed by atoms with E-state index < -0.39 is 6.04 Å². The van der Waals surface area contributed by atoms with Gasteiger partial charge in [-0.05, 0) is 50.5 Å². The van der Waals surface area contributed by atoms with E-state index in [1.165, 1.54) is 11.8 Å². The smallest absolute Gasteiger partial charge is 0.242 e. The van der Waals surface area contributed by atoms with Gasteiger partial charge in [0.15, 0.2) is 0 Å². The van der Waals surface area contributed by atoms with E-state index >= 15 is 0 Å². The molecule has 0 radical (unpaired) electrons. The molecular weight excluding hydrogens is 451 g/mol. The first-order valence-corrected chi connectivity index (χ1v) is 12.3. The minimum atomic E-state index is -0.562. The third kappa shape index (κ3) is 8.06. The van der Waals surface area contributed by atoms with Crippen molar-refractivity contribution in [2.45, 2.75) is 58.5 Å². The number of carbonyl (C=O) groups is 2. The molecule has 0 spiro atoms. The highest BCUT2D eigenvalue weighted by atomic mass is 35.5. The van der Waals surface area contributed by atoms with Crippen LogP contribution in [-0.4, -0.2) is 34.6 Å². The van der Waals surface area contributed by atoms with Crippen LogP contribution in [0.4, 0.5) is 0 Å². The number of halogens is 2. The number of benzene rings is 2. The molecule has 0 saturated carbocycles. The van der Waals surface area contributed by atoms with Gasteiger partial charge in [-0.25, -0.2) is 0 Å². The number of carbonyl (C=O) groups excluding carboxylic acids is 2. The summed E-state index contributed by atoms with van der Waals surface area (Å²) in [6.07, 6.45) is 0.837. The van der Waals surface area contributed by atoms with Crippen LogP contribution in [0.25, 0.3) is 0 Å². The van der Waals surface area contributed by atoms with Gasteiger partial charge in [-0.1, -0.05) is 66.0 Å². The van der Waals surface area contributed by atoms with Gasteiger partial charge in [0.05, 0.1) is 15.8 Å². The maximum Gasteiger partial charge on any atom is 0.242 e. The van der Waals surface area contributed by atoms with E-state index in [-0.39, 0.29) is 23.6 Å². The van der Waals surface area contributed by atoms with Crippen LogP contribution in [-0.2, 0) is 21.9 Å². The maximum absolute atomic E-state index is 13.1. The largest absolute Gasteiger partial charge is 0.352 e. The molecule has 1 N–H and O–H groups in total. The highest BCUT2D eigenvalue weighted by Gasteiger charge is 2.26. The predicted octanol–water partition coefficient (Wildman–Crippen LogP) is 5.87. The molecule has 31 heavy (non-hydrogen) atoms. The average molecular weight is 481 g/mol. The molecule has 0 unspecified atom stereocenters. The molecular formula is C24H30Cl2N2O2S. The lowest BCUT2D eigenvalue weighted by Crippen LogP contribution is -2.50. The molecule has 7 heteroatoms. The highest BCUT2D eigenvalue weighted by Crippen LogP contribution is 2.25. The van der Waals surface area contributed by atoms with Crippen LogP contribution in [0.5, 0.6) is 0 Å². The van der Waals surface area contributed by atoms with Crippen LogP contribution < -0.4 is 5.32 Å². The monoisotopic (exact) mass is 480 g/mol. The Morgan fingerprint density at radius 1 is 1.03 bits per heavy atom. The molecule has 0 aliphatic heterocycles. The quantitative estimate of drug-likeness (QED) is 0.462. The van der Waals surface area contributed by atoms with Crippen molar-refractivity contribution >= 4 is 46.8 Å². The van der Waals surface area contributed by atoms with Crippen molar-refractivity contribution in [3.63, 3.8) is 0 Å². The molecule has 0 aliphatic rings. The molecule has 2 amide bonds. The van der Waals surface area contributed by atoms with E-state index in [4.69, 9.17) is 23.2 Å². The SMILES string of the molecule is CC[C@@H](C)NC(=O)[C@@H](C)N(Cc1ccc(C)cc1)C(=O)CSCc1ccc(Cl)c(Cl)c1. The van der Waals surface area contributed by atoms with E-state index in [2.05, 4.69) is 5.32 Å². The molecule has 0 saturated heterocycles. The van der Waals surface area contributed by atoms with Crippen LogP contribution in [0.1, 0.15) is 43.9 Å². The van der Waals surface area contributed by atoms with Crippen molar-refractivity contribution in [2.75, 3.05) is 5.75 Å². The van der Waals surface area contributed by atoms with Crippen molar-refractivity contribution in [3.05, 3.63) is 69.2 Å². The van der Waals surface area contributed by atoms with Crippen molar-refractivity contribution < 1.29 is 9.59 Å². The van der Waals surface area contributed by atoms with Gasteiger partial charge in [0, 0.05) is 18.3 Å². The summed E-state index contributed by atoms with van der Waals surface area (Å²) >= 11 is 13.5. The van der Waals surface area contributed by atoms with Gasteiger partial charge in [-0.3, -0.25) is 9.59 Å². The normalized spacial score (nSPS) is 12.8. The fourth-order valence-corrected chi connectivity index (χ4v) is 4.09. The molecule has 2 rings (SSSR count). The fraction of sp³-hybridized carbons (Fsp3) is 0.417. The molecule has 168 valence electrons. The van der Waals surface area contributed by atoms with E-state index in [9.17, 15) is 9.59 Å². The van der Waals surface area contributed by atoms with E-state index in [0.717, 1.165) is 23.1 Å². The first-order chi connectivity index (χ1) is 14.7. The summed E-state index contributed by atoms with van der Waals surface area (Å²) in [5, 5.41) is 4.00. The zero-order valence-corrected chi connectivity index (χ0v) is 20.8. The van der Waals surface area contributed by atoms with Gasteiger partial charge < -0.3 is 10.2 Å². The van der Waals surface area contributed by atoms with Crippen LogP contribution >= 0.6 is 35.0 Å². The lowest BCUT2D eigenvalue weighted by molar-refractivity contribution is -0.138. The Bertz CT molecular complexity index is 890. The van der Waals surface area contributed by atoms with E-state index in [0.29, 0.717) is 22.3 Å². The second kappa shape index (κ2) is 12.4. The number of hydrogen-bond donors (Lipinski definition) is 1. The zero-order chi connectivity index (χ0) is 23.0. The minimum absolute atomic E-state index is 0.0651. The van der Waals surface area contributed by atoms with E-state index in [1.807, 2.05) is 57.2 Å². The second-order valence-corrected chi connectivity index (χ2v) is 9.54. The number of amides is 2. The van der Waals surface area contributed by atoms with Crippen LogP contribution in [0, 0.1) is 6.92 Å². The Kier molecular flexibility index (Phi) is 10.2. The third-order valence-electron chi connectivity index (χ3n) is 5.12. The van der Waals surface area contributed by atoms with Crippen LogP contribution in [0.3, 0.4) is 0 Å². The summed E-state index contributed by atoms with van der Waals surface area (Å²) in [5.74, 6) is 0.698. The molecule has 0 aromatic heterocycles. The Hall–Kier alpha value is -1.69. The van der Waals surface area contributed by atoms with Crippen molar-refractivity contribution in [2.24, 2.45) is 0 Å². The van der Waals surface area contributed by atoms with Gasteiger partial charge in [0.25, 0.3) is 0 Å². The van der Waals surface area contributed by atoms with Gasteiger partial charge in [0.2, 0.25) is 11.8 Å². The molecule has 2 atom stereocenters. The van der Waals surface area contributed by atoms with Crippen molar-refractivity contribution in [3.8, 4) is 0 Å². The standard InChI is InChI=1S/C24H30Cl2N2O2S/c1-5-17(3)27-24(30)18(4)28(13-19-8-6-16(2)7-9-19)23(29)15-31-14-20-10-11-21(25)22(26)12-20/h6-12,17-18H,5,13-15H2,1-4H3,(H,27,30)/t17-,18-/m1/s1. The van der Waals surface area contributed by atoms with Gasteiger partial charge >= 0.3 is 0 Å². The Morgan fingerprint density at radius 3 is 2.29 bits per heavy atom. The summed E-state index contributed by atoms with van der Waals surface area (Å²) in [7, 11) is 0. The maximum atomic E-state index is 13.1. The Balaban J connectivity index is 2.07. The van der Waals surface area contributed by atoms with Crippen molar-refractivity contribution in [1.29, 1.82) is 0 Å². The molecule has 2 aromatic rings. The van der Waals surface area contributed by atoms with Gasteiger partial charge in [-0.2, -0.15) is 0 Å². The summed E-state index contributed by atoms with van der Waals surface area (Å²) < 4.78 is 0. The number of hydrogen-bond acceptors (Lipinski definition) is 3. The first-order valence-electron chi connectivity index (χ1n) is 10.4. The lowest BCUT2D eigenvalue weighted by atomic mass is 10.1. The zero-order valence-electron chi connectivity index (χ0n) is 18.5. The highest BCUT2D eigenvalue weighted by molar-refractivity contribution is 7.99. The van der Waals surface area contributed by atoms with E-state index in [1.54, 1.807) is 17.9 Å². The predicted molar refractivity (Wildman–Crippen MR) is 132 cm³/mol. The summed E-state index contributed by atoms with van der Waals surface area (Å²) in [5.41, 5.74) is 3.15. The fourth-order valence-electron chi connectivity index (χ4n) is 2.91. The molecule has 0 aliphatic carbocycles. The molecule has 0 fully saturated rings. The topological polar surface area (TPSA) is 49.4 Å². The molecule has 0 bridgehead atoms. The first kappa shape index (κ1) is 25.6. The third-order valence-corrected chi connectivity index (χ3v) is 6.85. The van der Waals surface area contributed by atoms with Crippen molar-refractivity contribution in [1.82, 2.24) is 10.2 Å². The molecule has 2 aromatic carbocycles. The van der Waals surface area contributed by atoms with Crippen LogP contribution in [0.2, 0.25) is 10.0 Å². The molecule has 4 nitrogen and oxygen atoms in total. The number of nitrogens with zero attached hydrogens (tertiary/aromatic N) is 1. The lowest BCUT2D eigenvalue weighted by Gasteiger charge is -2.29. The molecule has 0 heterocycles. The Morgan fingerprint density at radius 2 is 1.68 bits per heavy atom. The summed E-state index contributed by atoms with van der Waals surface area (Å²) in [4.78, 5) is 27.5. The second-order valence-electron chi connectivity index (χ2n) is 7.74. The summed E-state index contributed by atoms with van der Waals surface area (Å²) in [6, 6.07) is 13.0. The summed E-state index contributed by atoms with van der Waals surface area (Å²) in [6.45, 7) is 8.18. The Labute approximate surface area is 199 Å². The number of rotatable bonds is 10.